The standard InChI is InChI=1S/C65H128NO8P/c1-3-5-7-9-11-13-15-17-19-21-22-23-24-25-26-27-28-29-30-31-32-33-34-35-36-37-38-39-40-42-44-46-48-50-52-54-56-58-65(68)74-63(62-73-75(69,70)72-60-59-66)61-71-64(67)57-55-53-51-49-47-45-43-41-20-18-16-14-12-10-8-6-4-2/h21-22,63H,3-20,23-62,66H2,1-2H3,(H,69,70)/b22-21-. The van der Waals surface area contributed by atoms with E-state index in [2.05, 4.69) is 26.0 Å². The number of rotatable bonds is 64. The van der Waals surface area contributed by atoms with E-state index in [1.165, 1.54) is 295 Å². The van der Waals surface area contributed by atoms with Gasteiger partial charge in [-0.05, 0) is 38.5 Å². The molecule has 446 valence electrons. The fourth-order valence-corrected chi connectivity index (χ4v) is 11.0. The Hall–Kier alpha value is -1.25. The summed E-state index contributed by atoms with van der Waals surface area (Å²) in [6.07, 6.45) is 73.1. The van der Waals surface area contributed by atoms with Gasteiger partial charge in [0.25, 0.3) is 0 Å². The summed E-state index contributed by atoms with van der Waals surface area (Å²) in [4.78, 5) is 35.2. The Bertz CT molecular complexity index is 1230. The van der Waals surface area contributed by atoms with Gasteiger partial charge in [0.15, 0.2) is 6.10 Å². The first-order chi connectivity index (χ1) is 36.8. The number of hydrogen-bond acceptors (Lipinski definition) is 8. The highest BCUT2D eigenvalue weighted by atomic mass is 31.2. The highest BCUT2D eigenvalue weighted by Crippen LogP contribution is 2.43. The number of carbonyl (C=O) groups excluding carboxylic acids is 2. The first kappa shape index (κ1) is 73.8. The molecule has 0 spiro atoms. The van der Waals surface area contributed by atoms with E-state index in [4.69, 9.17) is 24.3 Å². The first-order valence-corrected chi connectivity index (χ1v) is 34.7. The van der Waals surface area contributed by atoms with Crippen LogP contribution in [0.3, 0.4) is 0 Å². The number of hydrogen-bond donors (Lipinski definition) is 2. The van der Waals surface area contributed by atoms with E-state index in [0.29, 0.717) is 6.42 Å². The van der Waals surface area contributed by atoms with E-state index in [1.807, 2.05) is 0 Å². The Morgan fingerprint density at radius 3 is 0.947 bits per heavy atom. The van der Waals surface area contributed by atoms with Crippen molar-refractivity contribution in [2.75, 3.05) is 26.4 Å². The zero-order valence-electron chi connectivity index (χ0n) is 50.1. The van der Waals surface area contributed by atoms with Crippen LogP contribution in [0, 0.1) is 0 Å². The smallest absolute Gasteiger partial charge is 0.462 e. The van der Waals surface area contributed by atoms with Crippen LogP contribution in [-0.2, 0) is 32.7 Å². The van der Waals surface area contributed by atoms with Crippen LogP contribution in [0.25, 0.3) is 0 Å². The molecule has 0 saturated heterocycles. The maximum Gasteiger partial charge on any atom is 0.472 e. The van der Waals surface area contributed by atoms with Gasteiger partial charge in [0.2, 0.25) is 0 Å². The fourth-order valence-electron chi connectivity index (χ4n) is 10.2. The van der Waals surface area contributed by atoms with Crippen molar-refractivity contribution < 1.29 is 37.6 Å². The molecule has 0 rings (SSSR count). The molecule has 0 aromatic rings. The van der Waals surface area contributed by atoms with E-state index in [-0.39, 0.29) is 38.6 Å². The number of unbranched alkanes of at least 4 members (excludes halogenated alkanes) is 49. The summed E-state index contributed by atoms with van der Waals surface area (Å²) in [5.74, 6) is -0.803. The van der Waals surface area contributed by atoms with Crippen molar-refractivity contribution in [3.8, 4) is 0 Å². The minimum Gasteiger partial charge on any atom is -0.462 e. The number of phosphoric acid groups is 1. The normalized spacial score (nSPS) is 13.0. The van der Waals surface area contributed by atoms with Gasteiger partial charge in [0.1, 0.15) is 6.61 Å². The number of nitrogens with two attached hydrogens (primary N) is 1. The number of phosphoric ester groups is 1. The van der Waals surface area contributed by atoms with Crippen LogP contribution in [0.1, 0.15) is 361 Å². The molecule has 0 radical (unpaired) electrons. The van der Waals surface area contributed by atoms with Crippen molar-refractivity contribution in [1.29, 1.82) is 0 Å². The maximum atomic E-state index is 12.7. The Kier molecular flexibility index (Phi) is 60.9. The molecule has 0 aromatic heterocycles. The summed E-state index contributed by atoms with van der Waals surface area (Å²) in [6.45, 7) is 3.82. The van der Waals surface area contributed by atoms with Crippen LogP contribution in [-0.4, -0.2) is 49.3 Å². The molecule has 0 bridgehead atoms. The number of carbonyl (C=O) groups is 2. The molecule has 0 aliphatic heterocycles. The predicted molar refractivity (Wildman–Crippen MR) is 321 cm³/mol. The molecule has 0 saturated carbocycles. The Labute approximate surface area is 466 Å². The molecule has 2 atom stereocenters. The summed E-state index contributed by atoms with van der Waals surface area (Å²) >= 11 is 0. The second kappa shape index (κ2) is 62.0. The van der Waals surface area contributed by atoms with Crippen molar-refractivity contribution in [3.05, 3.63) is 12.2 Å². The molecule has 0 amide bonds. The Morgan fingerprint density at radius 2 is 0.653 bits per heavy atom. The monoisotopic (exact) mass is 1080 g/mol. The van der Waals surface area contributed by atoms with Gasteiger partial charge in [-0.15, -0.1) is 0 Å². The van der Waals surface area contributed by atoms with Gasteiger partial charge in [-0.2, -0.15) is 0 Å². The average molecular weight is 1080 g/mol. The van der Waals surface area contributed by atoms with Crippen molar-refractivity contribution in [1.82, 2.24) is 0 Å². The largest absolute Gasteiger partial charge is 0.472 e. The van der Waals surface area contributed by atoms with Gasteiger partial charge in [-0.1, -0.05) is 321 Å². The molecule has 0 heterocycles. The van der Waals surface area contributed by atoms with Gasteiger partial charge >= 0.3 is 19.8 Å². The molecular formula is C65H128NO8P. The second-order valence-corrected chi connectivity index (χ2v) is 24.2. The van der Waals surface area contributed by atoms with Crippen LogP contribution in [0.2, 0.25) is 0 Å². The van der Waals surface area contributed by atoms with Gasteiger partial charge in [0.05, 0.1) is 13.2 Å². The topological polar surface area (TPSA) is 134 Å². The SMILES string of the molecule is CCCCCCCCCC/C=C\CCCCCCCCCCCCCCCCCCCCCCCCCCCC(=O)OC(COC(=O)CCCCCCCCCCCCCCCCCCC)COP(=O)(O)OCCN. The fraction of sp³-hybridized carbons (Fsp3) is 0.938. The molecule has 10 heteroatoms. The maximum absolute atomic E-state index is 12.7. The van der Waals surface area contributed by atoms with Crippen molar-refractivity contribution >= 4 is 19.8 Å². The third kappa shape index (κ3) is 61.8. The average Bonchev–Trinajstić information content (AvgIpc) is 3.40. The molecule has 0 aromatic carbocycles. The Balaban J connectivity index is 3.75. The van der Waals surface area contributed by atoms with Gasteiger partial charge < -0.3 is 20.1 Å². The van der Waals surface area contributed by atoms with Crippen molar-refractivity contribution in [2.45, 2.75) is 367 Å². The van der Waals surface area contributed by atoms with E-state index in [9.17, 15) is 19.0 Å². The van der Waals surface area contributed by atoms with Gasteiger partial charge in [-0.25, -0.2) is 4.57 Å². The third-order valence-corrected chi connectivity index (χ3v) is 16.1. The van der Waals surface area contributed by atoms with Crippen molar-refractivity contribution in [3.63, 3.8) is 0 Å². The molecule has 0 aliphatic carbocycles. The lowest BCUT2D eigenvalue weighted by Crippen LogP contribution is -2.29. The molecule has 2 unspecified atom stereocenters. The van der Waals surface area contributed by atoms with Crippen molar-refractivity contribution in [2.24, 2.45) is 5.73 Å². The summed E-state index contributed by atoms with van der Waals surface area (Å²) in [6, 6.07) is 0. The minimum absolute atomic E-state index is 0.0579. The molecule has 9 nitrogen and oxygen atoms in total. The minimum atomic E-state index is -4.38. The summed E-state index contributed by atoms with van der Waals surface area (Å²) in [5, 5.41) is 0. The van der Waals surface area contributed by atoms with Crippen LogP contribution in [0.5, 0.6) is 0 Å². The highest BCUT2D eigenvalue weighted by molar-refractivity contribution is 7.47. The number of allylic oxidation sites excluding steroid dienone is 2. The van der Waals surface area contributed by atoms with Gasteiger partial charge in [0, 0.05) is 19.4 Å². The van der Waals surface area contributed by atoms with E-state index < -0.39 is 26.5 Å². The Morgan fingerprint density at radius 1 is 0.387 bits per heavy atom. The molecule has 3 N–H and O–H groups in total. The molecule has 0 fully saturated rings. The lowest BCUT2D eigenvalue weighted by atomic mass is 10.0. The predicted octanol–water partition coefficient (Wildman–Crippen LogP) is 21.2. The molecule has 0 aliphatic rings. The number of ether oxygens (including phenoxy) is 2. The van der Waals surface area contributed by atoms with E-state index >= 15 is 0 Å². The summed E-state index contributed by atoms with van der Waals surface area (Å²) in [7, 11) is -4.38. The van der Waals surface area contributed by atoms with Crippen LogP contribution < -0.4 is 5.73 Å². The van der Waals surface area contributed by atoms with Gasteiger partial charge in [-0.3, -0.25) is 18.6 Å². The quantitative estimate of drug-likeness (QED) is 0.0264. The van der Waals surface area contributed by atoms with Crippen LogP contribution in [0.15, 0.2) is 12.2 Å². The highest BCUT2D eigenvalue weighted by Gasteiger charge is 2.26. The summed E-state index contributed by atoms with van der Waals surface area (Å²) in [5.41, 5.74) is 5.39. The van der Waals surface area contributed by atoms with Crippen LogP contribution in [0.4, 0.5) is 0 Å². The van der Waals surface area contributed by atoms with E-state index in [1.54, 1.807) is 0 Å². The first-order valence-electron chi connectivity index (χ1n) is 33.2. The second-order valence-electron chi connectivity index (χ2n) is 22.7. The molecule has 75 heavy (non-hydrogen) atoms. The third-order valence-electron chi connectivity index (χ3n) is 15.2. The lowest BCUT2D eigenvalue weighted by Gasteiger charge is -2.19. The van der Waals surface area contributed by atoms with Crippen LogP contribution >= 0.6 is 7.82 Å². The van der Waals surface area contributed by atoms with E-state index in [0.717, 1.165) is 32.1 Å². The molecular weight excluding hydrogens is 954 g/mol. The lowest BCUT2D eigenvalue weighted by molar-refractivity contribution is -0.161. The number of esters is 2. The zero-order chi connectivity index (χ0) is 54.5. The summed E-state index contributed by atoms with van der Waals surface area (Å²) < 4.78 is 33.1. The zero-order valence-corrected chi connectivity index (χ0v) is 51.0.